The van der Waals surface area contributed by atoms with Crippen molar-refractivity contribution in [2.45, 2.75) is 33.6 Å². The third-order valence-electron chi connectivity index (χ3n) is 3.35. The van der Waals surface area contributed by atoms with Crippen molar-refractivity contribution < 1.29 is 19.1 Å². The van der Waals surface area contributed by atoms with Crippen molar-refractivity contribution in [3.63, 3.8) is 0 Å². The molecule has 0 saturated carbocycles. The summed E-state index contributed by atoms with van der Waals surface area (Å²) in [6.45, 7) is 7.59. The lowest BCUT2D eigenvalue weighted by molar-refractivity contribution is 0.0524. The highest BCUT2D eigenvalue weighted by molar-refractivity contribution is 5.91. The molecule has 22 heavy (non-hydrogen) atoms. The second-order valence-electron chi connectivity index (χ2n) is 4.77. The van der Waals surface area contributed by atoms with Crippen LogP contribution in [0.4, 0.5) is 4.79 Å². The summed E-state index contributed by atoms with van der Waals surface area (Å²) in [6.07, 6.45) is 1.05. The first kappa shape index (κ1) is 18.0. The van der Waals surface area contributed by atoms with Crippen LogP contribution in [0.3, 0.4) is 0 Å². The molecule has 0 aliphatic rings. The maximum absolute atomic E-state index is 11.9. The number of amides is 1. The smallest absolute Gasteiger partial charge is 0.409 e. The number of carbonyl (C=O) groups excluding carboxylic acids is 2. The molecule has 1 amide bonds. The van der Waals surface area contributed by atoms with Crippen LogP contribution < -0.4 is 0 Å². The molecule has 0 saturated heterocycles. The second kappa shape index (κ2) is 9.82. The van der Waals surface area contributed by atoms with Gasteiger partial charge in [-0.3, -0.25) is 0 Å². The molecule has 122 valence electrons. The molecule has 0 radical (unpaired) electrons. The molecule has 0 heterocycles. The average Bonchev–Trinajstić information content (AvgIpc) is 2.53. The van der Waals surface area contributed by atoms with Crippen LogP contribution in [0.25, 0.3) is 0 Å². The lowest BCUT2D eigenvalue weighted by atomic mass is 10.0. The zero-order valence-electron chi connectivity index (χ0n) is 13.6. The van der Waals surface area contributed by atoms with E-state index in [2.05, 4.69) is 0 Å². The summed E-state index contributed by atoms with van der Waals surface area (Å²) in [5, 5.41) is 0. The minimum Gasteiger partial charge on any atom is -0.462 e. The van der Waals surface area contributed by atoms with Crippen LogP contribution in [0.15, 0.2) is 24.3 Å². The van der Waals surface area contributed by atoms with Gasteiger partial charge in [0.15, 0.2) is 0 Å². The number of benzene rings is 1. The Labute approximate surface area is 132 Å². The van der Waals surface area contributed by atoms with Crippen LogP contribution in [0.2, 0.25) is 0 Å². The van der Waals surface area contributed by atoms with Gasteiger partial charge in [-0.1, -0.05) is 18.2 Å². The fraction of sp³-hybridized carbons (Fsp3) is 0.529. The molecule has 0 fully saturated rings. The molecule has 0 N–H and O–H groups in total. The van der Waals surface area contributed by atoms with E-state index < -0.39 is 0 Å². The number of esters is 1. The Morgan fingerprint density at radius 3 is 2.36 bits per heavy atom. The number of rotatable bonds is 8. The second-order valence-corrected chi connectivity index (χ2v) is 4.77. The van der Waals surface area contributed by atoms with E-state index in [-0.39, 0.29) is 12.1 Å². The van der Waals surface area contributed by atoms with Crippen molar-refractivity contribution in [2.75, 3.05) is 26.3 Å². The summed E-state index contributed by atoms with van der Waals surface area (Å²) in [7, 11) is 0. The molecule has 1 aromatic rings. The van der Waals surface area contributed by atoms with Gasteiger partial charge < -0.3 is 14.4 Å². The number of hydrogen-bond donors (Lipinski definition) is 0. The van der Waals surface area contributed by atoms with Gasteiger partial charge in [0.2, 0.25) is 0 Å². The van der Waals surface area contributed by atoms with Gasteiger partial charge in [-0.2, -0.15) is 0 Å². The molecular weight excluding hydrogens is 282 g/mol. The van der Waals surface area contributed by atoms with Crippen LogP contribution in [0.5, 0.6) is 0 Å². The topological polar surface area (TPSA) is 55.8 Å². The Hall–Kier alpha value is -2.04. The molecule has 0 bridgehead atoms. The highest BCUT2D eigenvalue weighted by Crippen LogP contribution is 2.13. The zero-order valence-corrected chi connectivity index (χ0v) is 13.6. The third-order valence-corrected chi connectivity index (χ3v) is 3.35. The highest BCUT2D eigenvalue weighted by Gasteiger charge is 2.13. The van der Waals surface area contributed by atoms with Gasteiger partial charge in [0.25, 0.3) is 0 Å². The van der Waals surface area contributed by atoms with E-state index >= 15 is 0 Å². The lowest BCUT2D eigenvalue weighted by Gasteiger charge is -2.18. The monoisotopic (exact) mass is 307 g/mol. The van der Waals surface area contributed by atoms with Gasteiger partial charge in [-0.05, 0) is 45.2 Å². The van der Waals surface area contributed by atoms with Crippen LogP contribution in [-0.4, -0.2) is 43.3 Å². The molecule has 0 aromatic heterocycles. The molecule has 0 aliphatic carbocycles. The Morgan fingerprint density at radius 2 is 1.73 bits per heavy atom. The fourth-order valence-electron chi connectivity index (χ4n) is 2.14. The van der Waals surface area contributed by atoms with Crippen LogP contribution in [0, 0.1) is 0 Å². The lowest BCUT2D eigenvalue weighted by Crippen LogP contribution is -2.31. The predicted molar refractivity (Wildman–Crippen MR) is 85.0 cm³/mol. The molecule has 1 rings (SSSR count). The van der Waals surface area contributed by atoms with Crippen molar-refractivity contribution in [3.8, 4) is 0 Å². The Morgan fingerprint density at radius 1 is 1.05 bits per heavy atom. The van der Waals surface area contributed by atoms with E-state index in [1.807, 2.05) is 32.0 Å². The summed E-state index contributed by atoms with van der Waals surface area (Å²) >= 11 is 0. The van der Waals surface area contributed by atoms with Crippen LogP contribution >= 0.6 is 0 Å². The van der Waals surface area contributed by atoms with Crippen molar-refractivity contribution >= 4 is 12.1 Å². The maximum Gasteiger partial charge on any atom is 0.409 e. The first-order valence-electron chi connectivity index (χ1n) is 7.80. The molecule has 0 unspecified atom stereocenters. The van der Waals surface area contributed by atoms with Gasteiger partial charge in [0, 0.05) is 13.1 Å². The van der Waals surface area contributed by atoms with E-state index in [9.17, 15) is 9.59 Å². The van der Waals surface area contributed by atoms with E-state index in [0.29, 0.717) is 44.7 Å². The van der Waals surface area contributed by atoms with E-state index in [0.717, 1.165) is 5.56 Å². The average molecular weight is 307 g/mol. The first-order chi connectivity index (χ1) is 10.6. The van der Waals surface area contributed by atoms with Crippen LogP contribution in [-0.2, 0) is 15.9 Å². The fourth-order valence-corrected chi connectivity index (χ4v) is 2.14. The summed E-state index contributed by atoms with van der Waals surface area (Å²) in [5.74, 6) is -0.307. The zero-order chi connectivity index (χ0) is 16.4. The number of aryl methyl sites for hydroxylation is 1. The van der Waals surface area contributed by atoms with Crippen molar-refractivity contribution in [1.82, 2.24) is 4.90 Å². The van der Waals surface area contributed by atoms with Gasteiger partial charge >= 0.3 is 12.1 Å². The minimum absolute atomic E-state index is 0.288. The minimum atomic E-state index is -0.307. The number of hydrogen-bond acceptors (Lipinski definition) is 4. The Balaban J connectivity index is 2.49. The molecule has 0 aliphatic heterocycles. The Bertz CT molecular complexity index is 483. The largest absolute Gasteiger partial charge is 0.462 e. The van der Waals surface area contributed by atoms with Crippen molar-refractivity contribution in [1.29, 1.82) is 0 Å². The van der Waals surface area contributed by atoms with Gasteiger partial charge in [0.1, 0.15) is 0 Å². The van der Waals surface area contributed by atoms with Crippen LogP contribution in [0.1, 0.15) is 43.1 Å². The van der Waals surface area contributed by atoms with E-state index in [1.54, 1.807) is 17.9 Å². The summed E-state index contributed by atoms with van der Waals surface area (Å²) < 4.78 is 10.3. The van der Waals surface area contributed by atoms with Gasteiger partial charge in [-0.15, -0.1) is 0 Å². The quantitative estimate of drug-likeness (QED) is 0.546. The molecule has 5 heteroatoms. The van der Waals surface area contributed by atoms with Gasteiger partial charge in [0.05, 0.1) is 18.8 Å². The van der Waals surface area contributed by atoms with Crippen molar-refractivity contribution in [2.24, 2.45) is 0 Å². The standard InChI is InChI=1S/C17H25NO4/c1-4-18(5-2)17(20)22-13-9-11-14-10-7-8-12-15(14)16(19)21-6-3/h7-8,10,12H,4-6,9,11,13H2,1-3H3. The van der Waals surface area contributed by atoms with Gasteiger partial charge in [-0.25, -0.2) is 9.59 Å². The first-order valence-corrected chi connectivity index (χ1v) is 7.80. The molecule has 0 atom stereocenters. The predicted octanol–water partition coefficient (Wildman–Crippen LogP) is 3.27. The molecule has 5 nitrogen and oxygen atoms in total. The molecule has 0 spiro atoms. The van der Waals surface area contributed by atoms with E-state index in [4.69, 9.17) is 9.47 Å². The normalized spacial score (nSPS) is 10.1. The molecular formula is C17H25NO4. The van der Waals surface area contributed by atoms with E-state index in [1.165, 1.54) is 0 Å². The number of carbonyl (C=O) groups is 2. The number of ether oxygens (including phenoxy) is 2. The third kappa shape index (κ3) is 5.39. The SMILES string of the molecule is CCOC(=O)c1ccccc1CCCOC(=O)N(CC)CC. The van der Waals surface area contributed by atoms with Crippen molar-refractivity contribution in [3.05, 3.63) is 35.4 Å². The molecule has 1 aromatic carbocycles. The Kier molecular flexibility index (Phi) is 8.04. The summed E-state index contributed by atoms with van der Waals surface area (Å²) in [6, 6.07) is 7.36. The number of nitrogens with zero attached hydrogens (tertiary/aromatic N) is 1. The maximum atomic E-state index is 11.9. The highest BCUT2D eigenvalue weighted by atomic mass is 16.6. The summed E-state index contributed by atoms with van der Waals surface area (Å²) in [4.78, 5) is 25.2. The summed E-state index contributed by atoms with van der Waals surface area (Å²) in [5.41, 5.74) is 1.50.